The van der Waals surface area contributed by atoms with Gasteiger partial charge in [-0.2, -0.15) is 0 Å². The van der Waals surface area contributed by atoms with Crippen LogP contribution in [-0.2, 0) is 11.2 Å². The minimum Gasteiger partial charge on any atom is -0.356 e. The van der Waals surface area contributed by atoms with Crippen LogP contribution in [0.1, 0.15) is 40.6 Å². The van der Waals surface area contributed by atoms with Crippen molar-refractivity contribution in [1.29, 1.82) is 0 Å². The van der Waals surface area contributed by atoms with E-state index in [1.54, 1.807) is 11.3 Å². The summed E-state index contributed by atoms with van der Waals surface area (Å²) in [5, 5.41) is 4.67. The summed E-state index contributed by atoms with van der Waals surface area (Å²) in [6, 6.07) is 8.59. The number of likely N-dealkylation sites (tertiary alicyclic amines) is 1. The van der Waals surface area contributed by atoms with Crippen LogP contribution in [0.25, 0.3) is 0 Å². The molecule has 1 amide bonds. The van der Waals surface area contributed by atoms with E-state index in [0.717, 1.165) is 56.4 Å². The predicted octanol–water partition coefficient (Wildman–Crippen LogP) is 3.80. The number of carbonyl (C=O) groups excluding carboxylic acids is 1. The number of aryl methyl sites for hydroxylation is 1. The van der Waals surface area contributed by atoms with E-state index in [-0.39, 0.29) is 24.0 Å². The van der Waals surface area contributed by atoms with Crippen molar-refractivity contribution in [1.82, 2.24) is 15.2 Å². The number of aliphatic imine (C=N–C) groups is 1. The van der Waals surface area contributed by atoms with Gasteiger partial charge in [-0.25, -0.2) is 4.98 Å². The molecule has 2 aromatic rings. The molecule has 1 aromatic heterocycles. The molecule has 1 fully saturated rings. The van der Waals surface area contributed by atoms with E-state index in [1.807, 2.05) is 18.1 Å². The van der Waals surface area contributed by atoms with E-state index in [1.165, 1.54) is 16.1 Å². The molecule has 0 bridgehead atoms. The Labute approximate surface area is 199 Å². The maximum Gasteiger partial charge on any atom is 0.222 e. The van der Waals surface area contributed by atoms with Crippen molar-refractivity contribution in [2.45, 2.75) is 38.5 Å². The highest BCUT2D eigenvalue weighted by Crippen LogP contribution is 2.38. The number of nitrogens with one attached hydrogen (secondary N) is 1. The Kier molecular flexibility index (Phi) is 8.10. The highest BCUT2D eigenvalue weighted by Gasteiger charge is 2.32. The van der Waals surface area contributed by atoms with Crippen molar-refractivity contribution in [3.05, 3.63) is 45.9 Å². The molecule has 1 aromatic carbocycles. The first-order valence-electron chi connectivity index (χ1n) is 10.4. The van der Waals surface area contributed by atoms with Gasteiger partial charge in [0.25, 0.3) is 0 Å². The summed E-state index contributed by atoms with van der Waals surface area (Å²) in [4.78, 5) is 26.5. The lowest BCUT2D eigenvalue weighted by Crippen LogP contribution is -2.42. The van der Waals surface area contributed by atoms with Crippen molar-refractivity contribution in [3.8, 4) is 0 Å². The molecule has 1 atom stereocenters. The Morgan fingerprint density at radius 1 is 1.37 bits per heavy atom. The van der Waals surface area contributed by atoms with E-state index >= 15 is 0 Å². The second kappa shape index (κ2) is 10.6. The number of amides is 1. The van der Waals surface area contributed by atoms with Gasteiger partial charge in [0.05, 0.1) is 5.01 Å². The molecule has 1 saturated heterocycles. The number of hydrogen-bond donors (Lipinski definition) is 1. The number of guanidine groups is 1. The molecular weight excluding hydrogens is 509 g/mol. The van der Waals surface area contributed by atoms with Crippen molar-refractivity contribution in [2.75, 3.05) is 38.1 Å². The fraction of sp³-hybridized carbons (Fsp3) is 0.500. The largest absolute Gasteiger partial charge is 0.356 e. The molecule has 0 aliphatic carbocycles. The fourth-order valence-electron chi connectivity index (χ4n) is 4.29. The molecule has 0 saturated carbocycles. The van der Waals surface area contributed by atoms with Crippen LogP contribution >= 0.6 is 35.3 Å². The van der Waals surface area contributed by atoms with Gasteiger partial charge in [0.2, 0.25) is 5.91 Å². The number of fused-ring (bicyclic) bond motifs is 1. The van der Waals surface area contributed by atoms with Crippen LogP contribution in [0.2, 0.25) is 0 Å². The number of thiazole rings is 1. The van der Waals surface area contributed by atoms with Crippen LogP contribution in [-0.4, -0.2) is 55.0 Å². The third-order valence-electron chi connectivity index (χ3n) is 5.75. The molecule has 6 nitrogen and oxygen atoms in total. The number of benzene rings is 1. The van der Waals surface area contributed by atoms with E-state index in [9.17, 15) is 4.79 Å². The maximum atomic E-state index is 12.0. The van der Waals surface area contributed by atoms with Crippen LogP contribution < -0.4 is 10.2 Å². The Bertz CT molecular complexity index is 899. The topological polar surface area (TPSA) is 60.8 Å². The van der Waals surface area contributed by atoms with Gasteiger partial charge in [0.1, 0.15) is 0 Å². The summed E-state index contributed by atoms with van der Waals surface area (Å²) in [5.74, 6) is 1.63. The first kappa shape index (κ1) is 23.0. The molecule has 162 valence electrons. The van der Waals surface area contributed by atoms with E-state index in [0.29, 0.717) is 18.2 Å². The van der Waals surface area contributed by atoms with E-state index in [2.05, 4.69) is 51.4 Å². The summed E-state index contributed by atoms with van der Waals surface area (Å²) in [5.41, 5.74) is 2.58. The van der Waals surface area contributed by atoms with Crippen LogP contribution in [0.15, 0.2) is 35.5 Å². The number of hydrogen-bond acceptors (Lipinski definition) is 4. The van der Waals surface area contributed by atoms with Gasteiger partial charge < -0.3 is 15.1 Å². The normalized spacial score (nSPS) is 18.5. The molecule has 3 heterocycles. The maximum absolute atomic E-state index is 12.0. The number of carbonyl (C=O) groups is 1. The molecule has 2 aliphatic rings. The quantitative estimate of drug-likeness (QED) is 0.345. The lowest BCUT2D eigenvalue weighted by Gasteiger charge is -2.23. The average molecular weight is 539 g/mol. The van der Waals surface area contributed by atoms with Gasteiger partial charge in [0, 0.05) is 68.7 Å². The van der Waals surface area contributed by atoms with Gasteiger partial charge in [-0.05, 0) is 31.4 Å². The number of anilines is 1. The van der Waals surface area contributed by atoms with Crippen molar-refractivity contribution in [3.63, 3.8) is 0 Å². The van der Waals surface area contributed by atoms with Crippen molar-refractivity contribution in [2.24, 2.45) is 4.99 Å². The third kappa shape index (κ3) is 5.14. The zero-order chi connectivity index (χ0) is 20.2. The molecular formula is C22H30IN5OS. The smallest absolute Gasteiger partial charge is 0.222 e. The lowest BCUT2D eigenvalue weighted by atomic mass is 9.98. The summed E-state index contributed by atoms with van der Waals surface area (Å²) in [7, 11) is 1.84. The third-order valence-corrected chi connectivity index (χ3v) is 6.72. The molecule has 8 heteroatoms. The van der Waals surface area contributed by atoms with Crippen LogP contribution in [0.5, 0.6) is 0 Å². The Morgan fingerprint density at radius 3 is 2.90 bits per heavy atom. The number of nitrogens with zero attached hydrogens (tertiary/aromatic N) is 4. The number of aromatic nitrogens is 1. The number of halogens is 1. The second-order valence-corrected chi connectivity index (χ2v) is 9.05. The minimum atomic E-state index is 0. The molecule has 30 heavy (non-hydrogen) atoms. The lowest BCUT2D eigenvalue weighted by molar-refractivity contribution is -0.127. The van der Waals surface area contributed by atoms with Crippen molar-refractivity contribution >= 4 is 52.9 Å². The number of para-hydroxylation sites is 1. The molecule has 4 rings (SSSR count). The SMILES string of the molecule is CN=C(NCCc1ncc(C)s1)N1CC(CCN2CCCC2=O)c2ccccc21.I. The molecule has 1 unspecified atom stereocenters. The second-order valence-electron chi connectivity index (χ2n) is 7.73. The van der Waals surface area contributed by atoms with Crippen LogP contribution in [0, 0.1) is 6.92 Å². The first-order valence-corrected chi connectivity index (χ1v) is 11.2. The Hall–Kier alpha value is -1.68. The molecule has 0 radical (unpaired) electrons. The van der Waals surface area contributed by atoms with Gasteiger partial charge >= 0.3 is 0 Å². The predicted molar refractivity (Wildman–Crippen MR) is 134 cm³/mol. The monoisotopic (exact) mass is 539 g/mol. The van der Waals surface area contributed by atoms with Gasteiger partial charge in [-0.1, -0.05) is 18.2 Å². The zero-order valence-corrected chi connectivity index (χ0v) is 20.8. The van der Waals surface area contributed by atoms with Gasteiger partial charge in [-0.3, -0.25) is 9.79 Å². The summed E-state index contributed by atoms with van der Waals surface area (Å²) < 4.78 is 0. The Morgan fingerprint density at radius 2 is 2.20 bits per heavy atom. The van der Waals surface area contributed by atoms with Gasteiger partial charge in [0.15, 0.2) is 5.96 Å². The standard InChI is InChI=1S/C22H29N5OS.HI/c1-16-14-25-20(29-16)9-11-24-22(23-2)27-15-17(18-6-3-4-7-19(18)27)10-13-26-12-5-8-21(26)28;/h3-4,6-7,14,17H,5,8-13,15H2,1-2H3,(H,23,24);1H. The van der Waals surface area contributed by atoms with E-state index < -0.39 is 0 Å². The Balaban J connectivity index is 0.00000256. The summed E-state index contributed by atoms with van der Waals surface area (Å²) in [6.07, 6.45) is 5.54. The highest BCUT2D eigenvalue weighted by atomic mass is 127. The summed E-state index contributed by atoms with van der Waals surface area (Å²) >= 11 is 1.75. The van der Waals surface area contributed by atoms with Gasteiger partial charge in [-0.15, -0.1) is 35.3 Å². The van der Waals surface area contributed by atoms with Crippen LogP contribution in [0.4, 0.5) is 5.69 Å². The molecule has 2 aliphatic heterocycles. The first-order chi connectivity index (χ1) is 14.2. The average Bonchev–Trinajstić information content (AvgIpc) is 3.43. The zero-order valence-electron chi connectivity index (χ0n) is 17.6. The number of rotatable bonds is 6. The molecule has 0 spiro atoms. The minimum absolute atomic E-state index is 0. The molecule has 1 N–H and O–H groups in total. The fourth-order valence-corrected chi connectivity index (χ4v) is 5.08. The highest BCUT2D eigenvalue weighted by molar-refractivity contribution is 14.0. The summed E-state index contributed by atoms with van der Waals surface area (Å²) in [6.45, 7) is 5.56. The van der Waals surface area contributed by atoms with Crippen LogP contribution in [0.3, 0.4) is 0 Å². The van der Waals surface area contributed by atoms with E-state index in [4.69, 9.17) is 0 Å². The van der Waals surface area contributed by atoms with Crippen molar-refractivity contribution < 1.29 is 4.79 Å².